The van der Waals surface area contributed by atoms with Gasteiger partial charge in [0.1, 0.15) is 0 Å². The Hall–Kier alpha value is -1.86. The van der Waals surface area contributed by atoms with Crippen molar-refractivity contribution < 1.29 is 4.79 Å². The fourth-order valence-corrected chi connectivity index (χ4v) is 1.57. The molecule has 4 heteroatoms. The zero-order valence-corrected chi connectivity index (χ0v) is 10.5. The molecule has 1 aliphatic rings. The maximum atomic E-state index is 11.9. The molecule has 2 rings (SSSR count). The third-order valence-electron chi connectivity index (χ3n) is 3.11. The van der Waals surface area contributed by atoms with Crippen molar-refractivity contribution in [1.82, 2.24) is 10.3 Å². The number of nitrogens with two attached hydrogens (primary N) is 1. The maximum Gasteiger partial charge on any atom is 0.252 e. The molecule has 0 radical (unpaired) electrons. The van der Waals surface area contributed by atoms with E-state index in [1.165, 1.54) is 12.8 Å². The number of aromatic nitrogens is 1. The van der Waals surface area contributed by atoms with Crippen LogP contribution < -0.4 is 11.1 Å². The predicted octanol–water partition coefficient (Wildman–Crippen LogP) is 0.922. The van der Waals surface area contributed by atoms with Gasteiger partial charge in [0.15, 0.2) is 0 Å². The van der Waals surface area contributed by atoms with E-state index in [-0.39, 0.29) is 5.91 Å². The average molecular weight is 243 g/mol. The van der Waals surface area contributed by atoms with Crippen LogP contribution in [0.3, 0.4) is 0 Å². The van der Waals surface area contributed by atoms with Gasteiger partial charge in [-0.05, 0) is 24.3 Å². The maximum absolute atomic E-state index is 11.9. The predicted molar refractivity (Wildman–Crippen MR) is 69.8 cm³/mol. The molecule has 94 valence electrons. The van der Waals surface area contributed by atoms with Crippen molar-refractivity contribution in [3.63, 3.8) is 0 Å². The molecule has 1 fully saturated rings. The Labute approximate surface area is 107 Å². The molecular weight excluding hydrogens is 226 g/mol. The Morgan fingerprint density at radius 1 is 1.56 bits per heavy atom. The molecule has 0 unspecified atom stereocenters. The smallest absolute Gasteiger partial charge is 0.252 e. The van der Waals surface area contributed by atoms with Crippen LogP contribution in [0.25, 0.3) is 0 Å². The van der Waals surface area contributed by atoms with E-state index in [0.717, 1.165) is 6.54 Å². The van der Waals surface area contributed by atoms with Gasteiger partial charge in [0.05, 0.1) is 12.1 Å². The first kappa shape index (κ1) is 12.6. The number of pyridine rings is 1. The second-order valence-corrected chi connectivity index (χ2v) is 4.96. The summed E-state index contributed by atoms with van der Waals surface area (Å²) < 4.78 is 0. The molecule has 1 amide bonds. The number of hydrogen-bond donors (Lipinski definition) is 2. The van der Waals surface area contributed by atoms with Crippen molar-refractivity contribution >= 4 is 5.91 Å². The lowest BCUT2D eigenvalue weighted by Crippen LogP contribution is -2.29. The van der Waals surface area contributed by atoms with E-state index in [2.05, 4.69) is 29.1 Å². The van der Waals surface area contributed by atoms with Gasteiger partial charge in [0, 0.05) is 24.5 Å². The standard InChI is InChI=1S/C14H17N3O/c1-14(4-5-14)10-17-13(18)12-7-11(3-2-6-15)8-16-9-12/h7-9H,4-6,10,15H2,1H3,(H,17,18). The summed E-state index contributed by atoms with van der Waals surface area (Å²) in [7, 11) is 0. The Kier molecular flexibility index (Phi) is 3.63. The molecule has 0 saturated heterocycles. The third kappa shape index (κ3) is 3.31. The normalized spacial score (nSPS) is 15.4. The number of nitrogens with one attached hydrogen (secondary N) is 1. The Morgan fingerprint density at radius 2 is 2.33 bits per heavy atom. The fourth-order valence-electron chi connectivity index (χ4n) is 1.57. The van der Waals surface area contributed by atoms with Crippen LogP contribution in [0.4, 0.5) is 0 Å². The highest BCUT2D eigenvalue weighted by Crippen LogP contribution is 2.44. The van der Waals surface area contributed by atoms with E-state index >= 15 is 0 Å². The summed E-state index contributed by atoms with van der Waals surface area (Å²) in [6.07, 6.45) is 5.56. The highest BCUT2D eigenvalue weighted by Gasteiger charge is 2.37. The second-order valence-electron chi connectivity index (χ2n) is 4.96. The number of rotatable bonds is 3. The molecule has 3 N–H and O–H groups in total. The Balaban J connectivity index is 2.00. The van der Waals surface area contributed by atoms with E-state index in [4.69, 9.17) is 5.73 Å². The van der Waals surface area contributed by atoms with Gasteiger partial charge in [-0.15, -0.1) is 0 Å². The van der Waals surface area contributed by atoms with E-state index in [1.54, 1.807) is 18.5 Å². The minimum absolute atomic E-state index is 0.0907. The highest BCUT2D eigenvalue weighted by atomic mass is 16.1. The molecule has 1 aliphatic carbocycles. The molecule has 0 atom stereocenters. The molecule has 0 spiro atoms. The van der Waals surface area contributed by atoms with Crippen molar-refractivity contribution in [1.29, 1.82) is 0 Å². The summed E-state index contributed by atoms with van der Waals surface area (Å²) in [6, 6.07) is 1.74. The van der Waals surface area contributed by atoms with E-state index in [1.807, 2.05) is 0 Å². The third-order valence-corrected chi connectivity index (χ3v) is 3.11. The minimum atomic E-state index is -0.0907. The van der Waals surface area contributed by atoms with Crippen LogP contribution in [0, 0.1) is 17.3 Å². The SMILES string of the molecule is CC1(CNC(=O)c2cncc(C#CCN)c2)CC1. The zero-order chi connectivity index (χ0) is 13.0. The summed E-state index contributed by atoms with van der Waals surface area (Å²) in [5.74, 6) is 5.52. The lowest BCUT2D eigenvalue weighted by Gasteiger charge is -2.09. The average Bonchev–Trinajstić information content (AvgIpc) is 3.12. The van der Waals surface area contributed by atoms with Crippen LogP contribution in [-0.4, -0.2) is 24.0 Å². The molecule has 0 aliphatic heterocycles. The molecule has 1 aromatic heterocycles. The molecular formula is C14H17N3O. The highest BCUT2D eigenvalue weighted by molar-refractivity contribution is 5.94. The van der Waals surface area contributed by atoms with Gasteiger partial charge in [-0.3, -0.25) is 9.78 Å². The van der Waals surface area contributed by atoms with Gasteiger partial charge >= 0.3 is 0 Å². The number of carbonyl (C=O) groups excluding carboxylic acids is 1. The Bertz CT molecular complexity index is 509. The van der Waals surface area contributed by atoms with Crippen LogP contribution in [0.5, 0.6) is 0 Å². The Morgan fingerprint density at radius 3 is 3.00 bits per heavy atom. The van der Waals surface area contributed by atoms with E-state index in [9.17, 15) is 4.79 Å². The molecule has 1 saturated carbocycles. The van der Waals surface area contributed by atoms with Crippen LogP contribution in [0.1, 0.15) is 35.7 Å². The van der Waals surface area contributed by atoms with Gasteiger partial charge in [-0.1, -0.05) is 18.8 Å². The minimum Gasteiger partial charge on any atom is -0.351 e. The quantitative estimate of drug-likeness (QED) is 0.776. The molecule has 0 bridgehead atoms. The molecule has 0 aromatic carbocycles. The van der Waals surface area contributed by atoms with Gasteiger partial charge < -0.3 is 11.1 Å². The summed E-state index contributed by atoms with van der Waals surface area (Å²) in [4.78, 5) is 15.9. The van der Waals surface area contributed by atoms with Gasteiger partial charge in [-0.25, -0.2) is 0 Å². The largest absolute Gasteiger partial charge is 0.351 e. The lowest BCUT2D eigenvalue weighted by molar-refractivity contribution is 0.0945. The second kappa shape index (κ2) is 5.19. The van der Waals surface area contributed by atoms with Crippen LogP contribution in [-0.2, 0) is 0 Å². The van der Waals surface area contributed by atoms with Gasteiger partial charge in [0.25, 0.3) is 5.91 Å². The van der Waals surface area contributed by atoms with Crippen LogP contribution >= 0.6 is 0 Å². The number of nitrogens with zero attached hydrogens (tertiary/aromatic N) is 1. The molecule has 1 heterocycles. The lowest BCUT2D eigenvalue weighted by atomic mass is 10.1. The summed E-state index contributed by atoms with van der Waals surface area (Å²) in [6.45, 7) is 3.20. The van der Waals surface area contributed by atoms with E-state index < -0.39 is 0 Å². The monoisotopic (exact) mass is 243 g/mol. The van der Waals surface area contributed by atoms with Gasteiger partial charge in [-0.2, -0.15) is 0 Å². The number of hydrogen-bond acceptors (Lipinski definition) is 3. The molecule has 1 aromatic rings. The first-order valence-electron chi connectivity index (χ1n) is 6.05. The first-order chi connectivity index (χ1) is 8.63. The molecule has 4 nitrogen and oxygen atoms in total. The summed E-state index contributed by atoms with van der Waals surface area (Å²) in [5, 5.41) is 2.93. The zero-order valence-electron chi connectivity index (χ0n) is 10.5. The first-order valence-corrected chi connectivity index (χ1v) is 6.05. The van der Waals surface area contributed by atoms with Crippen molar-refractivity contribution in [3.8, 4) is 11.8 Å². The van der Waals surface area contributed by atoms with Crippen molar-refractivity contribution in [2.75, 3.05) is 13.1 Å². The summed E-state index contributed by atoms with van der Waals surface area (Å²) >= 11 is 0. The van der Waals surface area contributed by atoms with E-state index in [0.29, 0.717) is 23.1 Å². The fraction of sp³-hybridized carbons (Fsp3) is 0.429. The number of carbonyl (C=O) groups is 1. The van der Waals surface area contributed by atoms with Crippen molar-refractivity contribution in [2.45, 2.75) is 19.8 Å². The van der Waals surface area contributed by atoms with Crippen LogP contribution in [0.2, 0.25) is 0 Å². The van der Waals surface area contributed by atoms with Crippen LogP contribution in [0.15, 0.2) is 18.5 Å². The number of amides is 1. The van der Waals surface area contributed by atoms with Gasteiger partial charge in [0.2, 0.25) is 0 Å². The van der Waals surface area contributed by atoms with Crippen molar-refractivity contribution in [3.05, 3.63) is 29.6 Å². The summed E-state index contributed by atoms with van der Waals surface area (Å²) in [5.41, 5.74) is 6.87. The van der Waals surface area contributed by atoms with Crippen molar-refractivity contribution in [2.24, 2.45) is 11.1 Å². The molecule has 18 heavy (non-hydrogen) atoms. The topological polar surface area (TPSA) is 68.0 Å².